The van der Waals surface area contributed by atoms with Crippen LogP contribution in [0.4, 0.5) is 34.1 Å². The Morgan fingerprint density at radius 3 is 1.03 bits per heavy atom. The smallest absolute Gasteiger partial charge is 0.0570 e. The summed E-state index contributed by atoms with van der Waals surface area (Å²) in [5, 5.41) is 2.56. The number of para-hydroxylation sites is 2. The van der Waals surface area contributed by atoms with Gasteiger partial charge >= 0.3 is 0 Å². The number of fused-ring (bicyclic) bond motifs is 6. The van der Waals surface area contributed by atoms with E-state index >= 15 is 0 Å². The molecule has 0 N–H and O–H groups in total. The average Bonchev–Trinajstić information content (AvgIpc) is 1.59. The summed E-state index contributed by atoms with van der Waals surface area (Å²) in [5.74, 6) is 0. The van der Waals surface area contributed by atoms with Crippen molar-refractivity contribution in [3.05, 3.63) is 427 Å². The summed E-state index contributed by atoms with van der Waals surface area (Å²) in [6.07, 6.45) is 1.11. The van der Waals surface area contributed by atoms with Crippen LogP contribution in [0.2, 0.25) is 0 Å². The number of aromatic nitrogens is 1. The van der Waals surface area contributed by atoms with Gasteiger partial charge < -0.3 is 14.4 Å². The van der Waals surface area contributed by atoms with Gasteiger partial charge in [0, 0.05) is 56.5 Å². The van der Waals surface area contributed by atoms with E-state index in [0.717, 1.165) is 50.7 Å². The largest absolute Gasteiger partial charge is 0.311 e. The number of nitrogens with zero attached hydrogens (tertiary/aromatic N) is 3. The van der Waals surface area contributed by atoms with Gasteiger partial charge in [-0.2, -0.15) is 0 Å². The second-order valence-electron chi connectivity index (χ2n) is 26.2. The van der Waals surface area contributed by atoms with Crippen molar-refractivity contribution >= 4 is 71.9 Å². The van der Waals surface area contributed by atoms with Gasteiger partial charge in [0.05, 0.1) is 11.0 Å². The molecule has 18 rings (SSSR count). The summed E-state index contributed by atoms with van der Waals surface area (Å²) in [6, 6.07) is 143. The van der Waals surface area contributed by atoms with Crippen molar-refractivity contribution in [2.75, 3.05) is 9.80 Å². The Morgan fingerprint density at radius 2 is 0.583 bits per heavy atom. The van der Waals surface area contributed by atoms with Crippen molar-refractivity contribution in [1.82, 2.24) is 4.57 Å². The van der Waals surface area contributed by atoms with E-state index in [4.69, 9.17) is 0 Å². The van der Waals surface area contributed by atoms with Crippen molar-refractivity contribution < 1.29 is 1.43 Å². The summed E-state index contributed by atoms with van der Waals surface area (Å²) in [7, 11) is 0. The Bertz CT molecular complexity index is 5580. The molecule has 494 valence electrons. The van der Waals surface area contributed by atoms with E-state index in [2.05, 4.69) is 445 Å². The van der Waals surface area contributed by atoms with E-state index in [1.165, 1.54) is 122 Å². The number of anilines is 6. The monoisotopic (exact) mass is 1390 g/mol. The molecule has 1 aliphatic rings. The molecular weight excluding hydrogens is 1310 g/mol. The number of benzene rings is 16. The second-order valence-corrected chi connectivity index (χ2v) is 27.2. The number of rotatable bonds is 13. The van der Waals surface area contributed by atoms with Crippen LogP contribution >= 0.6 is 15.9 Å². The number of hydrogen-bond donors (Lipinski definition) is 0. The van der Waals surface area contributed by atoms with E-state index in [-0.39, 0.29) is 1.43 Å². The van der Waals surface area contributed by atoms with Gasteiger partial charge in [0.2, 0.25) is 0 Å². The van der Waals surface area contributed by atoms with Crippen LogP contribution in [-0.4, -0.2) is 4.57 Å². The third kappa shape index (κ3) is 13.9. The van der Waals surface area contributed by atoms with E-state index in [1.807, 2.05) is 0 Å². The van der Waals surface area contributed by atoms with E-state index in [0.29, 0.717) is 0 Å². The highest BCUT2D eigenvalue weighted by atomic mass is 79.9. The maximum Gasteiger partial charge on any atom is 0.0570 e. The minimum atomic E-state index is 0. The first-order chi connectivity index (χ1) is 50.8. The first-order valence-corrected chi connectivity index (χ1v) is 36.1. The number of aryl methyl sites for hydroxylation is 2. The zero-order valence-electron chi connectivity index (χ0n) is 57.5. The van der Waals surface area contributed by atoms with Crippen LogP contribution in [0.3, 0.4) is 0 Å². The highest BCUT2D eigenvalue weighted by molar-refractivity contribution is 9.10. The Labute approximate surface area is 614 Å². The fourth-order valence-corrected chi connectivity index (χ4v) is 14.9. The quantitative estimate of drug-likeness (QED) is 0.114. The lowest BCUT2D eigenvalue weighted by Gasteiger charge is -2.26. The maximum absolute atomic E-state index is 3.60. The van der Waals surface area contributed by atoms with Gasteiger partial charge in [-0.25, -0.2) is 0 Å². The Balaban J connectivity index is 0.000000143. The van der Waals surface area contributed by atoms with Crippen LogP contribution in [0.25, 0.3) is 105 Å². The number of hydrogen-bond acceptors (Lipinski definition) is 2. The van der Waals surface area contributed by atoms with Crippen molar-refractivity contribution in [3.63, 3.8) is 0 Å². The van der Waals surface area contributed by atoms with Crippen molar-refractivity contribution in [1.29, 1.82) is 0 Å². The Hall–Kier alpha value is -12.6. The molecule has 0 bridgehead atoms. The molecular formula is C99H76BrN3. The molecule has 0 saturated heterocycles. The van der Waals surface area contributed by atoms with Crippen LogP contribution in [0, 0.1) is 13.8 Å². The lowest BCUT2D eigenvalue weighted by atomic mass is 10.0. The minimum absolute atomic E-state index is 0. The molecule has 0 spiro atoms. The first kappa shape index (κ1) is 65.0. The van der Waals surface area contributed by atoms with E-state index in [9.17, 15) is 0 Å². The van der Waals surface area contributed by atoms with Gasteiger partial charge in [-0.05, 0) is 224 Å². The van der Waals surface area contributed by atoms with E-state index in [1.54, 1.807) is 0 Å². The fourth-order valence-electron chi connectivity index (χ4n) is 14.5. The SMILES string of the molecule is Brc1cccc(-c2ccc(N(c3ccc(-c4ccccc4)cc3)c3ccc(-c4ccccc4)cc3)cc2)c1.Cc1cccc2c1Cc1ccccc1-2.Cc1cccc2c3ccccc3n(-c3cccc(-c4ccc(N(c5ccc(-c6ccccc6)cc5)c5ccc(-c6ccccc6)cc5)cc4)c3)c12.[2HH]. The molecule has 103 heavy (non-hydrogen) atoms. The first-order valence-electron chi connectivity index (χ1n) is 35.3. The standard InChI is InChI=1S/C49H36N2.C36H26BrN.C14H12.H2/c1-35-12-10-20-47-46-19-8-9-21-48(46)51(49(35)47)45-18-11-17-41(34-45)40-26-32-44(33-27-40)50(42-28-22-38(23-29-42)36-13-4-2-5-14-36)43-30-24-39(25-31-43)37-15-6-3-7-16-37;37-33-13-7-12-32(26-33)31-18-24-36(25-19-31)38(34-20-14-29(15-21-34)27-8-3-1-4-9-27)35-22-16-30(17-23-35)28-10-5-2-6-11-28;1-10-5-4-8-13-12-7-3-2-6-11(12)9-14(10)13;/h2-34H,1H3;1-26H;2-8H,9H2,1H3;1H/i;;;1+1. The second kappa shape index (κ2) is 29.7. The third-order valence-electron chi connectivity index (χ3n) is 19.8. The molecule has 0 fully saturated rings. The molecule has 0 radical (unpaired) electrons. The van der Waals surface area contributed by atoms with Crippen LogP contribution in [0.15, 0.2) is 405 Å². The fraction of sp³-hybridized carbons (Fsp3) is 0.0303. The molecule has 0 atom stereocenters. The third-order valence-corrected chi connectivity index (χ3v) is 20.3. The number of halogens is 1. The van der Waals surface area contributed by atoms with Gasteiger partial charge in [0.15, 0.2) is 0 Å². The van der Waals surface area contributed by atoms with Gasteiger partial charge in [0.25, 0.3) is 0 Å². The van der Waals surface area contributed by atoms with Crippen LogP contribution in [0.1, 0.15) is 23.7 Å². The average molecular weight is 1390 g/mol. The summed E-state index contributed by atoms with van der Waals surface area (Å²) >= 11 is 3.60. The summed E-state index contributed by atoms with van der Waals surface area (Å²) in [5.41, 5.74) is 33.3. The van der Waals surface area contributed by atoms with Gasteiger partial charge in [-0.1, -0.05) is 313 Å². The highest BCUT2D eigenvalue weighted by Crippen LogP contribution is 2.43. The van der Waals surface area contributed by atoms with Gasteiger partial charge in [0.1, 0.15) is 0 Å². The summed E-state index contributed by atoms with van der Waals surface area (Å²) in [4.78, 5) is 4.65. The summed E-state index contributed by atoms with van der Waals surface area (Å²) in [6.45, 7) is 4.40. The highest BCUT2D eigenvalue weighted by Gasteiger charge is 2.21. The minimum Gasteiger partial charge on any atom is -0.311 e. The molecule has 16 aromatic carbocycles. The zero-order valence-corrected chi connectivity index (χ0v) is 59.1. The summed E-state index contributed by atoms with van der Waals surface area (Å²) < 4.78 is 3.50. The maximum atomic E-state index is 3.60. The predicted octanol–water partition coefficient (Wildman–Crippen LogP) is 28.3. The van der Waals surface area contributed by atoms with Crippen LogP contribution in [-0.2, 0) is 6.42 Å². The molecule has 0 unspecified atom stereocenters. The lowest BCUT2D eigenvalue weighted by molar-refractivity contribution is 1.17. The molecule has 0 saturated carbocycles. The van der Waals surface area contributed by atoms with Crippen LogP contribution < -0.4 is 9.80 Å². The lowest BCUT2D eigenvalue weighted by Crippen LogP contribution is -2.09. The van der Waals surface area contributed by atoms with Gasteiger partial charge in [-0.15, -0.1) is 0 Å². The molecule has 4 heteroatoms. The predicted molar refractivity (Wildman–Crippen MR) is 443 cm³/mol. The van der Waals surface area contributed by atoms with Crippen molar-refractivity contribution in [3.8, 4) is 83.6 Å². The Morgan fingerprint density at radius 1 is 0.262 bits per heavy atom. The van der Waals surface area contributed by atoms with Gasteiger partial charge in [-0.3, -0.25) is 0 Å². The zero-order chi connectivity index (χ0) is 69.4. The molecule has 1 aliphatic carbocycles. The molecule has 17 aromatic rings. The molecule has 0 aliphatic heterocycles. The molecule has 1 aromatic heterocycles. The molecule has 3 nitrogen and oxygen atoms in total. The molecule has 1 heterocycles. The van der Waals surface area contributed by atoms with Crippen LogP contribution in [0.5, 0.6) is 0 Å². The van der Waals surface area contributed by atoms with Crippen molar-refractivity contribution in [2.45, 2.75) is 20.3 Å². The normalized spacial score (nSPS) is 11.2. The topological polar surface area (TPSA) is 11.4 Å². The van der Waals surface area contributed by atoms with Crippen molar-refractivity contribution in [2.24, 2.45) is 0 Å². The Kier molecular flexibility index (Phi) is 18.7. The molecule has 0 amide bonds. The van der Waals surface area contributed by atoms with E-state index < -0.39 is 0 Å².